The first-order chi connectivity index (χ1) is 15.1. The summed E-state index contributed by atoms with van der Waals surface area (Å²) in [7, 11) is 1.45. The summed E-state index contributed by atoms with van der Waals surface area (Å²) in [5.74, 6) is -0.770. The maximum Gasteiger partial charge on any atom is 0.263 e. The van der Waals surface area contributed by atoms with Gasteiger partial charge in [0.05, 0.1) is 39.0 Å². The SMILES string of the molecule is CC.CN1C(=O)c2cccc(-n3c4c(C#N)cccc4c4cccc(C#N)c43)c2C1=O. The largest absolute Gasteiger partial charge is 0.306 e. The molecule has 0 fully saturated rings. The van der Waals surface area contributed by atoms with Gasteiger partial charge in [-0.3, -0.25) is 14.5 Å². The van der Waals surface area contributed by atoms with Crippen molar-refractivity contribution >= 4 is 33.6 Å². The van der Waals surface area contributed by atoms with Gasteiger partial charge < -0.3 is 4.57 Å². The maximum absolute atomic E-state index is 12.9. The van der Waals surface area contributed by atoms with E-state index in [0.29, 0.717) is 33.4 Å². The Hall–Kier alpha value is -4.42. The summed E-state index contributed by atoms with van der Waals surface area (Å²) in [6.45, 7) is 4.00. The molecule has 1 aliphatic rings. The average Bonchev–Trinajstić information content (AvgIpc) is 3.28. The fourth-order valence-corrected chi connectivity index (χ4v) is 4.11. The summed E-state index contributed by atoms with van der Waals surface area (Å²) >= 11 is 0. The molecule has 0 spiro atoms. The van der Waals surface area contributed by atoms with Crippen LogP contribution in [-0.4, -0.2) is 28.3 Å². The standard InChI is InChI=1S/C23H12N4O2.C2H6/c1-26-22(28)17-9-4-10-18(19(17)23(26)29)27-20-13(11-24)5-2-7-15(20)16-8-3-6-14(12-25)21(16)27;1-2/h2-10H,1H3;1-2H3. The first kappa shape index (κ1) is 19.9. The summed E-state index contributed by atoms with van der Waals surface area (Å²) in [5, 5.41) is 21.1. The van der Waals surface area contributed by atoms with Crippen LogP contribution >= 0.6 is 0 Å². The third-order valence-electron chi connectivity index (χ3n) is 5.39. The predicted molar refractivity (Wildman–Crippen MR) is 118 cm³/mol. The Labute approximate surface area is 179 Å². The number of aromatic nitrogens is 1. The van der Waals surface area contributed by atoms with Crippen LogP contribution in [0.3, 0.4) is 0 Å². The lowest BCUT2D eigenvalue weighted by atomic mass is 10.1. The number of fused-ring (bicyclic) bond motifs is 4. The normalized spacial score (nSPS) is 12.4. The Morgan fingerprint density at radius 2 is 1.26 bits per heavy atom. The van der Waals surface area contributed by atoms with Gasteiger partial charge in [0.2, 0.25) is 0 Å². The highest BCUT2D eigenvalue weighted by molar-refractivity contribution is 6.23. The van der Waals surface area contributed by atoms with Crippen LogP contribution in [0.25, 0.3) is 27.5 Å². The first-order valence-electron chi connectivity index (χ1n) is 9.90. The Morgan fingerprint density at radius 3 is 1.77 bits per heavy atom. The van der Waals surface area contributed by atoms with Crippen molar-refractivity contribution in [2.24, 2.45) is 0 Å². The molecule has 150 valence electrons. The zero-order valence-electron chi connectivity index (χ0n) is 17.3. The highest BCUT2D eigenvalue weighted by Gasteiger charge is 2.36. The molecule has 3 aromatic carbocycles. The molecule has 1 aliphatic heterocycles. The third-order valence-corrected chi connectivity index (χ3v) is 5.39. The van der Waals surface area contributed by atoms with Gasteiger partial charge in [0.25, 0.3) is 11.8 Å². The summed E-state index contributed by atoms with van der Waals surface area (Å²) < 4.78 is 1.77. The zero-order chi connectivity index (χ0) is 22.3. The van der Waals surface area contributed by atoms with Gasteiger partial charge in [-0.25, -0.2) is 0 Å². The van der Waals surface area contributed by atoms with Crippen molar-refractivity contribution in [1.29, 1.82) is 10.5 Å². The molecular weight excluding hydrogens is 388 g/mol. The van der Waals surface area contributed by atoms with Crippen LogP contribution in [0, 0.1) is 22.7 Å². The minimum Gasteiger partial charge on any atom is -0.306 e. The molecule has 0 saturated heterocycles. The Bertz CT molecular complexity index is 1410. The van der Waals surface area contributed by atoms with E-state index in [0.717, 1.165) is 15.7 Å². The van der Waals surface area contributed by atoms with E-state index in [2.05, 4.69) is 12.1 Å². The van der Waals surface area contributed by atoms with Crippen LogP contribution < -0.4 is 0 Å². The minimum absolute atomic E-state index is 0.277. The van der Waals surface area contributed by atoms with Crippen LogP contribution in [-0.2, 0) is 0 Å². The van der Waals surface area contributed by atoms with E-state index in [-0.39, 0.29) is 11.5 Å². The first-order valence-corrected chi connectivity index (χ1v) is 9.90. The summed E-state index contributed by atoms with van der Waals surface area (Å²) in [4.78, 5) is 26.4. The number of amides is 2. The summed E-state index contributed by atoms with van der Waals surface area (Å²) in [5.41, 5.74) is 3.13. The van der Waals surface area contributed by atoms with Gasteiger partial charge in [0.15, 0.2) is 0 Å². The number of para-hydroxylation sites is 2. The summed E-state index contributed by atoms with van der Waals surface area (Å²) in [6, 6.07) is 20.2. The molecule has 2 amide bonds. The molecule has 4 aromatic rings. The zero-order valence-corrected chi connectivity index (χ0v) is 17.3. The second-order valence-corrected chi connectivity index (χ2v) is 6.83. The van der Waals surface area contributed by atoms with E-state index in [9.17, 15) is 20.1 Å². The highest BCUT2D eigenvalue weighted by atomic mass is 16.2. The van der Waals surface area contributed by atoms with Crippen LogP contribution in [0.5, 0.6) is 0 Å². The Morgan fingerprint density at radius 1 is 0.742 bits per heavy atom. The fraction of sp³-hybridized carbons (Fsp3) is 0.120. The van der Waals surface area contributed by atoms with Crippen molar-refractivity contribution < 1.29 is 9.59 Å². The molecule has 0 aliphatic carbocycles. The number of benzene rings is 3. The molecule has 6 nitrogen and oxygen atoms in total. The number of hydrogen-bond acceptors (Lipinski definition) is 4. The van der Waals surface area contributed by atoms with Gasteiger partial charge in [-0.1, -0.05) is 44.2 Å². The second-order valence-electron chi connectivity index (χ2n) is 6.83. The van der Waals surface area contributed by atoms with Crippen LogP contribution in [0.2, 0.25) is 0 Å². The molecule has 0 saturated carbocycles. The number of nitriles is 2. The lowest BCUT2D eigenvalue weighted by molar-refractivity contribution is 0.0693. The van der Waals surface area contributed by atoms with Crippen LogP contribution in [0.1, 0.15) is 45.7 Å². The number of carbonyl (C=O) groups is 2. The molecule has 6 heteroatoms. The number of nitrogens with zero attached hydrogens (tertiary/aromatic N) is 4. The van der Waals surface area contributed by atoms with E-state index < -0.39 is 5.91 Å². The number of imide groups is 1. The van der Waals surface area contributed by atoms with Gasteiger partial charge in [0.1, 0.15) is 12.1 Å². The molecule has 0 unspecified atom stereocenters. The lowest BCUT2D eigenvalue weighted by Crippen LogP contribution is -2.24. The van der Waals surface area contributed by atoms with Gasteiger partial charge in [0, 0.05) is 17.8 Å². The third kappa shape index (κ3) is 2.63. The van der Waals surface area contributed by atoms with E-state index in [4.69, 9.17) is 0 Å². The van der Waals surface area contributed by atoms with Crippen molar-refractivity contribution in [2.75, 3.05) is 7.05 Å². The molecule has 0 bridgehead atoms. The minimum atomic E-state index is -0.403. The second kappa shape index (κ2) is 7.44. The molecule has 31 heavy (non-hydrogen) atoms. The van der Waals surface area contributed by atoms with Crippen molar-refractivity contribution in [3.05, 3.63) is 76.9 Å². The summed E-state index contributed by atoms with van der Waals surface area (Å²) in [6.07, 6.45) is 0. The molecular formula is C25H18N4O2. The molecule has 0 N–H and O–H groups in total. The van der Waals surface area contributed by atoms with Gasteiger partial charge in [-0.05, 0) is 24.3 Å². The molecule has 0 atom stereocenters. The van der Waals surface area contributed by atoms with E-state index >= 15 is 0 Å². The topological polar surface area (TPSA) is 89.9 Å². The van der Waals surface area contributed by atoms with E-state index in [1.807, 2.05) is 26.0 Å². The van der Waals surface area contributed by atoms with Crippen LogP contribution in [0.4, 0.5) is 0 Å². The molecule has 2 heterocycles. The maximum atomic E-state index is 12.9. The molecule has 5 rings (SSSR count). The van der Waals surface area contributed by atoms with Crippen molar-refractivity contribution in [3.63, 3.8) is 0 Å². The monoisotopic (exact) mass is 406 g/mol. The van der Waals surface area contributed by atoms with Crippen LogP contribution in [0.15, 0.2) is 54.6 Å². The lowest BCUT2D eigenvalue weighted by Gasteiger charge is -2.13. The Balaban J connectivity index is 0.00000112. The quantitative estimate of drug-likeness (QED) is 0.426. The smallest absolute Gasteiger partial charge is 0.263 e. The van der Waals surface area contributed by atoms with E-state index in [1.54, 1.807) is 47.0 Å². The van der Waals surface area contributed by atoms with Crippen molar-refractivity contribution in [2.45, 2.75) is 13.8 Å². The number of carbonyl (C=O) groups excluding carboxylic acids is 2. The predicted octanol–water partition coefficient (Wildman–Crippen LogP) is 4.78. The number of rotatable bonds is 1. The van der Waals surface area contributed by atoms with Crippen molar-refractivity contribution in [3.8, 4) is 17.8 Å². The van der Waals surface area contributed by atoms with Crippen molar-refractivity contribution in [1.82, 2.24) is 9.47 Å². The number of hydrogen-bond donors (Lipinski definition) is 0. The fourth-order valence-electron chi connectivity index (χ4n) is 4.11. The Kier molecular flexibility index (Phi) is 4.77. The van der Waals surface area contributed by atoms with Gasteiger partial charge in [-0.2, -0.15) is 10.5 Å². The molecule has 0 radical (unpaired) electrons. The molecule has 1 aromatic heterocycles. The average molecular weight is 406 g/mol. The van der Waals surface area contributed by atoms with Gasteiger partial charge in [-0.15, -0.1) is 0 Å². The van der Waals surface area contributed by atoms with Gasteiger partial charge >= 0.3 is 0 Å². The highest BCUT2D eigenvalue weighted by Crippen LogP contribution is 2.38. The van der Waals surface area contributed by atoms with E-state index in [1.165, 1.54) is 7.05 Å².